The first-order valence-electron chi connectivity index (χ1n) is 5.02. The number of hydrogen-bond donors (Lipinski definition) is 1. The summed E-state index contributed by atoms with van der Waals surface area (Å²) in [6.07, 6.45) is -5.41. The highest BCUT2D eigenvalue weighted by atomic mass is 79.9. The molecule has 0 aliphatic carbocycles. The van der Waals surface area contributed by atoms with Gasteiger partial charge in [0.05, 0.1) is 20.6 Å². The quantitative estimate of drug-likeness (QED) is 0.921. The topological polar surface area (TPSA) is 44.5 Å². The SMILES string of the molecule is COc1cc([C@H](N)CC(F)(F)F)cc(OC)c1Br. The zero-order chi connectivity index (χ0) is 13.9. The Morgan fingerprint density at radius 1 is 1.22 bits per heavy atom. The van der Waals surface area contributed by atoms with Crippen LogP contribution in [0.1, 0.15) is 18.0 Å². The van der Waals surface area contributed by atoms with Crippen molar-refractivity contribution in [3.8, 4) is 11.5 Å². The number of methoxy groups -OCH3 is 2. The first-order valence-corrected chi connectivity index (χ1v) is 5.81. The molecule has 0 aromatic heterocycles. The molecule has 0 heterocycles. The van der Waals surface area contributed by atoms with Crippen LogP contribution >= 0.6 is 15.9 Å². The van der Waals surface area contributed by atoms with Crippen LogP contribution in [0.25, 0.3) is 0 Å². The van der Waals surface area contributed by atoms with Gasteiger partial charge in [-0.2, -0.15) is 13.2 Å². The van der Waals surface area contributed by atoms with E-state index in [1.54, 1.807) is 0 Å². The fourth-order valence-electron chi connectivity index (χ4n) is 1.47. The van der Waals surface area contributed by atoms with E-state index in [4.69, 9.17) is 15.2 Å². The van der Waals surface area contributed by atoms with Crippen LogP contribution in [0.5, 0.6) is 11.5 Å². The fourth-order valence-corrected chi connectivity index (χ4v) is 2.02. The summed E-state index contributed by atoms with van der Waals surface area (Å²) in [5.41, 5.74) is 5.84. The molecule has 102 valence electrons. The largest absolute Gasteiger partial charge is 0.495 e. The molecule has 0 unspecified atom stereocenters. The second-order valence-electron chi connectivity index (χ2n) is 3.67. The molecule has 2 N–H and O–H groups in total. The van der Waals surface area contributed by atoms with Crippen LogP contribution < -0.4 is 15.2 Å². The lowest BCUT2D eigenvalue weighted by molar-refractivity contribution is -0.138. The molecule has 0 aliphatic heterocycles. The minimum absolute atomic E-state index is 0.309. The predicted octanol–water partition coefficient (Wildman–Crippen LogP) is 3.42. The lowest BCUT2D eigenvalue weighted by atomic mass is 10.0. The van der Waals surface area contributed by atoms with E-state index in [0.717, 1.165) is 0 Å². The van der Waals surface area contributed by atoms with Crippen LogP contribution in [-0.4, -0.2) is 20.4 Å². The van der Waals surface area contributed by atoms with Crippen LogP contribution in [0.2, 0.25) is 0 Å². The standard InChI is InChI=1S/C11H13BrF3NO2/c1-17-8-3-6(4-9(18-2)10(8)12)7(16)5-11(13,14)15/h3-4,7H,5,16H2,1-2H3/t7-/m1/s1. The number of rotatable bonds is 4. The number of benzene rings is 1. The molecule has 7 heteroatoms. The molecular formula is C11H13BrF3NO2. The van der Waals surface area contributed by atoms with Gasteiger partial charge in [-0.25, -0.2) is 0 Å². The maximum absolute atomic E-state index is 12.3. The van der Waals surface area contributed by atoms with Crippen LogP contribution in [-0.2, 0) is 0 Å². The average Bonchev–Trinajstić information content (AvgIpc) is 2.27. The Bertz CT molecular complexity index is 398. The van der Waals surface area contributed by atoms with E-state index in [9.17, 15) is 13.2 Å². The number of ether oxygens (including phenoxy) is 2. The third-order valence-electron chi connectivity index (χ3n) is 2.35. The lowest BCUT2D eigenvalue weighted by Gasteiger charge is -2.17. The number of nitrogens with two attached hydrogens (primary N) is 1. The normalized spacial score (nSPS) is 13.3. The van der Waals surface area contributed by atoms with Crippen molar-refractivity contribution in [2.24, 2.45) is 5.73 Å². The van der Waals surface area contributed by atoms with Gasteiger partial charge >= 0.3 is 6.18 Å². The molecule has 1 aromatic rings. The second-order valence-corrected chi connectivity index (χ2v) is 4.46. The molecule has 0 bridgehead atoms. The summed E-state index contributed by atoms with van der Waals surface area (Å²) < 4.78 is 47.5. The Morgan fingerprint density at radius 3 is 2.00 bits per heavy atom. The van der Waals surface area contributed by atoms with E-state index in [1.807, 2.05) is 0 Å². The Kier molecular flexibility index (Phi) is 4.86. The van der Waals surface area contributed by atoms with E-state index in [0.29, 0.717) is 21.5 Å². The highest BCUT2D eigenvalue weighted by Gasteiger charge is 2.31. The van der Waals surface area contributed by atoms with E-state index in [1.165, 1.54) is 26.4 Å². The molecule has 1 atom stereocenters. The summed E-state index contributed by atoms with van der Waals surface area (Å²) in [6.45, 7) is 0. The Morgan fingerprint density at radius 2 is 1.67 bits per heavy atom. The molecule has 0 radical (unpaired) electrons. The maximum Gasteiger partial charge on any atom is 0.390 e. The van der Waals surface area contributed by atoms with Gasteiger partial charge in [-0.15, -0.1) is 0 Å². The lowest BCUT2D eigenvalue weighted by Crippen LogP contribution is -2.20. The highest BCUT2D eigenvalue weighted by molar-refractivity contribution is 9.10. The molecule has 0 spiro atoms. The van der Waals surface area contributed by atoms with Crippen molar-refractivity contribution in [2.75, 3.05) is 14.2 Å². The highest BCUT2D eigenvalue weighted by Crippen LogP contribution is 2.38. The van der Waals surface area contributed by atoms with Crippen molar-refractivity contribution in [3.05, 3.63) is 22.2 Å². The summed E-state index contributed by atoms with van der Waals surface area (Å²) in [6, 6.07) is 1.77. The van der Waals surface area contributed by atoms with Gasteiger partial charge in [0.25, 0.3) is 0 Å². The first kappa shape index (κ1) is 15.1. The molecule has 3 nitrogen and oxygen atoms in total. The van der Waals surface area contributed by atoms with Gasteiger partial charge in [-0.3, -0.25) is 0 Å². The second kappa shape index (κ2) is 5.79. The minimum atomic E-state index is -4.31. The van der Waals surface area contributed by atoms with E-state index in [2.05, 4.69) is 15.9 Å². The van der Waals surface area contributed by atoms with Crippen molar-refractivity contribution in [2.45, 2.75) is 18.6 Å². The van der Waals surface area contributed by atoms with Crippen LogP contribution in [0, 0.1) is 0 Å². The summed E-state index contributed by atoms with van der Waals surface area (Å²) in [4.78, 5) is 0. The molecular weight excluding hydrogens is 315 g/mol. The third-order valence-corrected chi connectivity index (χ3v) is 3.13. The van der Waals surface area contributed by atoms with Gasteiger partial charge in [0, 0.05) is 6.04 Å². The number of hydrogen-bond acceptors (Lipinski definition) is 3. The van der Waals surface area contributed by atoms with Crippen molar-refractivity contribution in [1.82, 2.24) is 0 Å². The third kappa shape index (κ3) is 3.78. The fraction of sp³-hybridized carbons (Fsp3) is 0.455. The van der Waals surface area contributed by atoms with Gasteiger partial charge in [0.1, 0.15) is 16.0 Å². The molecule has 0 saturated heterocycles. The Hall–Kier alpha value is -0.950. The summed E-state index contributed by atoms with van der Waals surface area (Å²) >= 11 is 3.23. The zero-order valence-electron chi connectivity index (χ0n) is 9.84. The van der Waals surface area contributed by atoms with Crippen LogP contribution in [0.3, 0.4) is 0 Å². The van der Waals surface area contributed by atoms with Crippen molar-refractivity contribution < 1.29 is 22.6 Å². The summed E-state index contributed by atoms with van der Waals surface area (Å²) in [5, 5.41) is 0. The number of alkyl halides is 3. The molecule has 0 amide bonds. The first-order chi connectivity index (χ1) is 8.28. The average molecular weight is 328 g/mol. The van der Waals surface area contributed by atoms with Gasteiger partial charge in [0.15, 0.2) is 0 Å². The zero-order valence-corrected chi connectivity index (χ0v) is 11.4. The van der Waals surface area contributed by atoms with Crippen molar-refractivity contribution in [3.63, 3.8) is 0 Å². The van der Waals surface area contributed by atoms with Gasteiger partial charge in [0.2, 0.25) is 0 Å². The number of halogens is 4. The van der Waals surface area contributed by atoms with Gasteiger partial charge in [-0.1, -0.05) is 0 Å². The Labute approximate surface area is 111 Å². The van der Waals surface area contributed by atoms with Gasteiger partial charge < -0.3 is 15.2 Å². The molecule has 1 rings (SSSR count). The van der Waals surface area contributed by atoms with E-state index >= 15 is 0 Å². The molecule has 18 heavy (non-hydrogen) atoms. The summed E-state index contributed by atoms with van der Waals surface area (Å²) in [7, 11) is 2.83. The van der Waals surface area contributed by atoms with E-state index in [-0.39, 0.29) is 0 Å². The molecule has 0 aliphatic rings. The maximum atomic E-state index is 12.3. The van der Waals surface area contributed by atoms with E-state index < -0.39 is 18.6 Å². The minimum Gasteiger partial charge on any atom is -0.495 e. The molecule has 1 aromatic carbocycles. The van der Waals surface area contributed by atoms with Crippen LogP contribution in [0.15, 0.2) is 16.6 Å². The smallest absolute Gasteiger partial charge is 0.390 e. The van der Waals surface area contributed by atoms with Crippen LogP contribution in [0.4, 0.5) is 13.2 Å². The Balaban J connectivity index is 3.09. The van der Waals surface area contributed by atoms with Crippen molar-refractivity contribution in [1.29, 1.82) is 0 Å². The molecule has 0 fully saturated rings. The molecule has 0 saturated carbocycles. The van der Waals surface area contributed by atoms with Crippen molar-refractivity contribution >= 4 is 15.9 Å². The van der Waals surface area contributed by atoms with Gasteiger partial charge in [-0.05, 0) is 33.6 Å². The monoisotopic (exact) mass is 327 g/mol. The predicted molar refractivity (Wildman–Crippen MR) is 64.8 cm³/mol. The summed E-state index contributed by atoms with van der Waals surface area (Å²) in [5.74, 6) is 0.754.